The molecular weight excluding hydrogens is 328 g/mol. The molecule has 6 heteroatoms. The van der Waals surface area contributed by atoms with Crippen LogP contribution in [0.15, 0.2) is 46.8 Å². The summed E-state index contributed by atoms with van der Waals surface area (Å²) in [5.74, 6) is 0. The lowest BCUT2D eigenvalue weighted by Crippen LogP contribution is -1.97. The molecule has 0 aliphatic rings. The molecule has 1 aromatic carbocycles. The summed E-state index contributed by atoms with van der Waals surface area (Å²) in [6.45, 7) is 4.16. The molecule has 0 aliphatic carbocycles. The van der Waals surface area contributed by atoms with Gasteiger partial charge in [-0.15, -0.1) is 6.58 Å². The van der Waals surface area contributed by atoms with Crippen LogP contribution in [0.4, 0.5) is 5.69 Å². The third-order valence-electron chi connectivity index (χ3n) is 2.39. The standard InChI is InChI=1S/C13H12BrClN4/c1-2-3-16-7-19-13-10(14)4-9(5-11(13)15)12-6-17-8-18-12/h2,4-8H,1,3H2,(H,16,19)(H,17,18). The van der Waals surface area contributed by atoms with E-state index >= 15 is 0 Å². The Morgan fingerprint density at radius 2 is 2.37 bits per heavy atom. The van der Waals surface area contributed by atoms with Crippen molar-refractivity contribution in [1.82, 2.24) is 9.97 Å². The number of aliphatic imine (C=N–C) groups is 1. The minimum Gasteiger partial charge on any atom is -0.345 e. The van der Waals surface area contributed by atoms with Gasteiger partial charge in [-0.3, -0.25) is 4.99 Å². The summed E-state index contributed by atoms with van der Waals surface area (Å²) in [5.41, 5.74) is 2.65. The molecule has 2 rings (SSSR count). The Kier molecular flexibility index (Phi) is 4.76. The van der Waals surface area contributed by atoms with E-state index in [2.05, 4.69) is 42.8 Å². The topological polar surface area (TPSA) is 53.1 Å². The summed E-state index contributed by atoms with van der Waals surface area (Å²) >= 11 is 9.75. The van der Waals surface area contributed by atoms with E-state index in [1.54, 1.807) is 24.9 Å². The van der Waals surface area contributed by atoms with E-state index in [9.17, 15) is 0 Å². The molecule has 0 unspecified atom stereocenters. The summed E-state index contributed by atoms with van der Waals surface area (Å²) in [6, 6.07) is 3.83. The van der Waals surface area contributed by atoms with Gasteiger partial charge in [-0.1, -0.05) is 17.7 Å². The third-order valence-corrected chi connectivity index (χ3v) is 3.31. The molecule has 0 atom stereocenters. The van der Waals surface area contributed by atoms with Gasteiger partial charge in [0.05, 0.1) is 41.8 Å². The van der Waals surface area contributed by atoms with E-state index in [0.717, 1.165) is 21.4 Å². The highest BCUT2D eigenvalue weighted by molar-refractivity contribution is 9.10. The molecular formula is C13H12BrClN4. The molecule has 0 saturated carbocycles. The number of anilines is 1. The van der Waals surface area contributed by atoms with Crippen molar-refractivity contribution in [2.75, 3.05) is 11.9 Å². The van der Waals surface area contributed by atoms with Crippen LogP contribution >= 0.6 is 27.5 Å². The van der Waals surface area contributed by atoms with E-state index in [1.165, 1.54) is 0 Å². The van der Waals surface area contributed by atoms with Gasteiger partial charge < -0.3 is 10.3 Å². The Bertz CT molecular complexity index is 570. The van der Waals surface area contributed by atoms with Crippen LogP contribution in [0.5, 0.6) is 0 Å². The van der Waals surface area contributed by atoms with Crippen LogP contribution in [0.3, 0.4) is 0 Å². The number of imidazole rings is 1. The molecule has 0 aliphatic heterocycles. The average Bonchev–Trinajstić information content (AvgIpc) is 2.90. The molecule has 0 fully saturated rings. The second-order valence-electron chi connectivity index (χ2n) is 3.71. The molecule has 0 spiro atoms. The minimum atomic E-state index is 0.564. The largest absolute Gasteiger partial charge is 0.345 e. The molecule has 19 heavy (non-hydrogen) atoms. The highest BCUT2D eigenvalue weighted by Crippen LogP contribution is 2.34. The number of hydrogen-bond donors (Lipinski definition) is 2. The molecule has 0 radical (unpaired) electrons. The number of H-pyrrole nitrogens is 1. The van der Waals surface area contributed by atoms with Crippen LogP contribution in [0.2, 0.25) is 5.02 Å². The van der Waals surface area contributed by atoms with Crippen LogP contribution in [-0.4, -0.2) is 22.9 Å². The lowest BCUT2D eigenvalue weighted by molar-refractivity contribution is 1.26. The fraction of sp³-hybridized carbons (Fsp3) is 0.0769. The van der Waals surface area contributed by atoms with Crippen LogP contribution < -0.4 is 5.32 Å². The first-order chi connectivity index (χ1) is 9.22. The van der Waals surface area contributed by atoms with E-state index in [0.29, 0.717) is 11.6 Å². The van der Waals surface area contributed by atoms with Crippen LogP contribution in [0.25, 0.3) is 11.3 Å². The van der Waals surface area contributed by atoms with E-state index in [4.69, 9.17) is 11.6 Å². The Morgan fingerprint density at radius 3 is 3.00 bits per heavy atom. The minimum absolute atomic E-state index is 0.564. The van der Waals surface area contributed by atoms with Gasteiger partial charge in [0.1, 0.15) is 0 Å². The van der Waals surface area contributed by atoms with Crippen molar-refractivity contribution in [2.45, 2.75) is 0 Å². The first-order valence-corrected chi connectivity index (χ1v) is 6.73. The summed E-state index contributed by atoms with van der Waals surface area (Å²) < 4.78 is 0.856. The van der Waals surface area contributed by atoms with Crippen molar-refractivity contribution in [3.8, 4) is 11.3 Å². The second kappa shape index (κ2) is 6.54. The number of aromatic nitrogens is 2. The number of halogens is 2. The molecule has 0 saturated heterocycles. The lowest BCUT2D eigenvalue weighted by atomic mass is 10.1. The number of hydrogen-bond acceptors (Lipinski definition) is 2. The van der Waals surface area contributed by atoms with Gasteiger partial charge in [0.15, 0.2) is 0 Å². The maximum absolute atomic E-state index is 6.26. The maximum Gasteiger partial charge on any atom is 0.0924 e. The monoisotopic (exact) mass is 338 g/mol. The van der Waals surface area contributed by atoms with Crippen LogP contribution in [0, 0.1) is 0 Å². The van der Waals surface area contributed by atoms with Crippen molar-refractivity contribution < 1.29 is 0 Å². The molecule has 0 bridgehead atoms. The smallest absolute Gasteiger partial charge is 0.0924 e. The first kappa shape index (κ1) is 13.8. The van der Waals surface area contributed by atoms with E-state index < -0.39 is 0 Å². The fourth-order valence-electron chi connectivity index (χ4n) is 1.52. The molecule has 1 heterocycles. The van der Waals surface area contributed by atoms with Gasteiger partial charge in [0.2, 0.25) is 0 Å². The summed E-state index contributed by atoms with van der Waals surface area (Å²) in [5, 5.41) is 3.65. The maximum atomic E-state index is 6.26. The number of rotatable bonds is 5. The predicted molar refractivity (Wildman–Crippen MR) is 83.9 cm³/mol. The second-order valence-corrected chi connectivity index (χ2v) is 4.97. The Hall–Kier alpha value is -1.59. The Balaban J connectivity index is 2.25. The Labute approximate surface area is 124 Å². The average molecular weight is 340 g/mol. The van der Waals surface area contributed by atoms with Crippen LogP contribution in [0.1, 0.15) is 0 Å². The summed E-state index contributed by atoms with van der Waals surface area (Å²) in [7, 11) is 0. The lowest BCUT2D eigenvalue weighted by Gasteiger charge is -2.09. The number of benzene rings is 1. The van der Waals surface area contributed by atoms with Crippen molar-refractivity contribution in [3.05, 3.63) is 46.8 Å². The molecule has 4 nitrogen and oxygen atoms in total. The van der Waals surface area contributed by atoms with Crippen molar-refractivity contribution in [1.29, 1.82) is 0 Å². The highest BCUT2D eigenvalue weighted by atomic mass is 79.9. The molecule has 2 aromatic rings. The molecule has 0 amide bonds. The van der Waals surface area contributed by atoms with Crippen LogP contribution in [-0.2, 0) is 0 Å². The fourth-order valence-corrected chi connectivity index (χ4v) is 2.48. The Morgan fingerprint density at radius 1 is 1.53 bits per heavy atom. The quantitative estimate of drug-likeness (QED) is 0.489. The number of nitrogens with one attached hydrogen (secondary N) is 2. The highest BCUT2D eigenvalue weighted by Gasteiger charge is 2.08. The van der Waals surface area contributed by atoms with Gasteiger partial charge in [0.25, 0.3) is 0 Å². The van der Waals surface area contributed by atoms with Crippen molar-refractivity contribution in [2.24, 2.45) is 4.99 Å². The zero-order valence-corrected chi connectivity index (χ0v) is 12.4. The first-order valence-electron chi connectivity index (χ1n) is 5.56. The van der Waals surface area contributed by atoms with Gasteiger partial charge in [-0.2, -0.15) is 0 Å². The molecule has 2 N–H and O–H groups in total. The number of nitrogens with zero attached hydrogens (tertiary/aromatic N) is 2. The normalized spacial score (nSPS) is 10.8. The van der Waals surface area contributed by atoms with E-state index in [-0.39, 0.29) is 0 Å². The third kappa shape index (κ3) is 3.45. The molecule has 98 valence electrons. The SMILES string of the molecule is C=CCN=CNc1c(Cl)cc(-c2cnc[nH]2)cc1Br. The summed E-state index contributed by atoms with van der Waals surface area (Å²) in [4.78, 5) is 11.1. The zero-order chi connectivity index (χ0) is 13.7. The van der Waals surface area contributed by atoms with Gasteiger partial charge in [0, 0.05) is 10.0 Å². The molecule has 1 aromatic heterocycles. The van der Waals surface area contributed by atoms with Crippen molar-refractivity contribution >= 4 is 39.6 Å². The predicted octanol–water partition coefficient (Wildman–Crippen LogP) is 4.12. The van der Waals surface area contributed by atoms with Gasteiger partial charge in [-0.25, -0.2) is 4.98 Å². The van der Waals surface area contributed by atoms with Crippen molar-refractivity contribution in [3.63, 3.8) is 0 Å². The van der Waals surface area contributed by atoms with Gasteiger partial charge in [-0.05, 0) is 28.1 Å². The van der Waals surface area contributed by atoms with Gasteiger partial charge >= 0.3 is 0 Å². The zero-order valence-electron chi connectivity index (χ0n) is 10.0. The summed E-state index contributed by atoms with van der Waals surface area (Å²) in [6.07, 6.45) is 6.70. The van der Waals surface area contributed by atoms with E-state index in [1.807, 2.05) is 12.1 Å². The number of aromatic amines is 1.